The largest absolute Gasteiger partial charge is 0.374 e. The molecule has 110 valence electrons. The van der Waals surface area contributed by atoms with Crippen LogP contribution in [0.2, 0.25) is 0 Å². The van der Waals surface area contributed by atoms with Gasteiger partial charge in [0.15, 0.2) is 0 Å². The van der Waals surface area contributed by atoms with E-state index >= 15 is 0 Å². The minimum atomic E-state index is 0.00981. The van der Waals surface area contributed by atoms with Crippen molar-refractivity contribution in [1.29, 1.82) is 0 Å². The fraction of sp³-hybridized carbons (Fsp3) is 0.933. The van der Waals surface area contributed by atoms with Gasteiger partial charge in [-0.2, -0.15) is 0 Å². The van der Waals surface area contributed by atoms with Crippen LogP contribution in [0.4, 0.5) is 0 Å². The summed E-state index contributed by atoms with van der Waals surface area (Å²) in [5.74, 6) is 0.566. The number of hydrogen-bond donors (Lipinski definition) is 1. The van der Waals surface area contributed by atoms with Gasteiger partial charge in [0.2, 0.25) is 5.91 Å². The van der Waals surface area contributed by atoms with Gasteiger partial charge < -0.3 is 15.4 Å². The average Bonchev–Trinajstić information content (AvgIpc) is 2.62. The number of amides is 1. The Bertz CT molecular complexity index is 326. The second-order valence-electron chi connectivity index (χ2n) is 6.45. The number of carbonyl (C=O) groups excluding carboxylic acids is 1. The number of rotatable bonds is 2. The van der Waals surface area contributed by atoms with Gasteiger partial charge in [-0.25, -0.2) is 0 Å². The van der Waals surface area contributed by atoms with Crippen LogP contribution in [0.15, 0.2) is 0 Å². The fourth-order valence-electron chi connectivity index (χ4n) is 3.60. The maximum absolute atomic E-state index is 12.7. The van der Waals surface area contributed by atoms with E-state index in [-0.39, 0.29) is 24.0 Å². The maximum Gasteiger partial charge on any atom is 0.228 e. The molecule has 1 saturated carbocycles. The fourth-order valence-corrected chi connectivity index (χ4v) is 3.60. The van der Waals surface area contributed by atoms with Gasteiger partial charge in [-0.05, 0) is 45.4 Å². The lowest BCUT2D eigenvalue weighted by Crippen LogP contribution is -2.46. The van der Waals surface area contributed by atoms with E-state index in [4.69, 9.17) is 10.5 Å². The molecule has 2 rings (SSSR count). The van der Waals surface area contributed by atoms with Gasteiger partial charge in [0, 0.05) is 19.1 Å². The van der Waals surface area contributed by atoms with Gasteiger partial charge in [-0.1, -0.05) is 6.92 Å². The van der Waals surface area contributed by atoms with E-state index in [0.29, 0.717) is 18.0 Å². The van der Waals surface area contributed by atoms with Gasteiger partial charge in [0.1, 0.15) is 0 Å². The molecule has 1 saturated heterocycles. The summed E-state index contributed by atoms with van der Waals surface area (Å²) < 4.78 is 5.79. The predicted octanol–water partition coefficient (Wildman–Crippen LogP) is 1.77. The van der Waals surface area contributed by atoms with Crippen molar-refractivity contribution in [3.8, 4) is 0 Å². The Labute approximate surface area is 116 Å². The van der Waals surface area contributed by atoms with E-state index < -0.39 is 0 Å². The van der Waals surface area contributed by atoms with Crippen molar-refractivity contribution in [2.24, 2.45) is 17.6 Å². The zero-order valence-electron chi connectivity index (χ0n) is 12.6. The molecule has 1 heterocycles. The Balaban J connectivity index is 1.99. The quantitative estimate of drug-likeness (QED) is 0.830. The van der Waals surface area contributed by atoms with Crippen molar-refractivity contribution in [3.63, 3.8) is 0 Å². The van der Waals surface area contributed by atoms with Crippen LogP contribution in [0.5, 0.6) is 0 Å². The minimum absolute atomic E-state index is 0.00981. The number of ether oxygens (including phenoxy) is 1. The van der Waals surface area contributed by atoms with E-state index in [1.807, 2.05) is 18.9 Å². The van der Waals surface area contributed by atoms with E-state index in [9.17, 15) is 4.79 Å². The first-order valence-corrected chi connectivity index (χ1v) is 7.59. The number of hydrogen-bond acceptors (Lipinski definition) is 3. The molecule has 4 nitrogen and oxygen atoms in total. The Morgan fingerprint density at radius 3 is 2.16 bits per heavy atom. The third-order valence-corrected chi connectivity index (χ3v) is 5.16. The molecule has 19 heavy (non-hydrogen) atoms. The summed E-state index contributed by atoms with van der Waals surface area (Å²) in [6.45, 7) is 6.21. The van der Waals surface area contributed by atoms with E-state index in [0.717, 1.165) is 25.7 Å². The van der Waals surface area contributed by atoms with Crippen LogP contribution in [0.3, 0.4) is 0 Å². The first-order chi connectivity index (χ1) is 8.91. The standard InChI is InChI=1S/C15H28N2O2/c1-9-10(2)19-11(3)14(9)15(18)17(4)13-7-5-12(16)6-8-13/h9-14H,5-8,16H2,1-4H3. The molecule has 0 aromatic rings. The van der Waals surface area contributed by atoms with Crippen molar-refractivity contribution in [1.82, 2.24) is 4.90 Å². The Kier molecular flexibility index (Phi) is 4.51. The zero-order valence-corrected chi connectivity index (χ0v) is 12.6. The highest BCUT2D eigenvalue weighted by Crippen LogP contribution is 2.34. The monoisotopic (exact) mass is 268 g/mol. The minimum Gasteiger partial charge on any atom is -0.374 e. The second-order valence-corrected chi connectivity index (χ2v) is 6.45. The number of nitrogens with two attached hydrogens (primary N) is 1. The van der Waals surface area contributed by atoms with Gasteiger partial charge in [0.25, 0.3) is 0 Å². The lowest BCUT2D eigenvalue weighted by Gasteiger charge is -2.36. The summed E-state index contributed by atoms with van der Waals surface area (Å²) in [5, 5.41) is 0. The predicted molar refractivity (Wildman–Crippen MR) is 75.7 cm³/mol. The SMILES string of the molecule is CC1OC(C)C(C(=O)N(C)C2CCC(N)CC2)C1C. The summed E-state index contributed by atoms with van der Waals surface area (Å²) in [5.41, 5.74) is 5.93. The van der Waals surface area contributed by atoms with E-state index in [1.54, 1.807) is 0 Å². The molecule has 1 aliphatic carbocycles. The summed E-state index contributed by atoms with van der Waals surface area (Å²) in [6.07, 6.45) is 4.35. The maximum atomic E-state index is 12.7. The van der Waals surface area contributed by atoms with Crippen molar-refractivity contribution >= 4 is 5.91 Å². The Hall–Kier alpha value is -0.610. The molecule has 0 spiro atoms. The normalized spacial score (nSPS) is 43.2. The molecule has 4 atom stereocenters. The molecular weight excluding hydrogens is 240 g/mol. The molecule has 2 N–H and O–H groups in total. The van der Waals surface area contributed by atoms with Crippen molar-refractivity contribution in [3.05, 3.63) is 0 Å². The third kappa shape index (κ3) is 2.95. The van der Waals surface area contributed by atoms with Gasteiger partial charge in [-0.3, -0.25) is 4.79 Å². The van der Waals surface area contributed by atoms with Gasteiger partial charge >= 0.3 is 0 Å². The first kappa shape index (κ1) is 14.8. The van der Waals surface area contributed by atoms with Crippen LogP contribution in [-0.4, -0.2) is 42.1 Å². The molecule has 1 amide bonds. The summed E-state index contributed by atoms with van der Waals surface area (Å²) in [4.78, 5) is 14.7. The van der Waals surface area contributed by atoms with Crippen LogP contribution in [0.25, 0.3) is 0 Å². The summed E-state index contributed by atoms with van der Waals surface area (Å²) in [7, 11) is 1.95. The van der Waals surface area contributed by atoms with Crippen molar-refractivity contribution in [2.45, 2.75) is 70.7 Å². The number of carbonyl (C=O) groups is 1. The molecule has 2 aliphatic rings. The highest BCUT2D eigenvalue weighted by atomic mass is 16.5. The van der Waals surface area contributed by atoms with Crippen molar-refractivity contribution < 1.29 is 9.53 Å². The smallest absolute Gasteiger partial charge is 0.228 e. The first-order valence-electron chi connectivity index (χ1n) is 7.59. The molecule has 2 fully saturated rings. The van der Waals surface area contributed by atoms with Crippen LogP contribution in [-0.2, 0) is 9.53 Å². The number of nitrogens with zero attached hydrogens (tertiary/aromatic N) is 1. The van der Waals surface area contributed by atoms with Crippen molar-refractivity contribution in [2.75, 3.05) is 7.05 Å². The Morgan fingerprint density at radius 1 is 1.11 bits per heavy atom. The van der Waals surface area contributed by atoms with Crippen LogP contribution >= 0.6 is 0 Å². The van der Waals surface area contributed by atoms with E-state index in [2.05, 4.69) is 13.8 Å². The van der Waals surface area contributed by atoms with E-state index in [1.165, 1.54) is 0 Å². The molecule has 0 aromatic heterocycles. The molecule has 4 heteroatoms. The lowest BCUT2D eigenvalue weighted by atomic mass is 9.86. The summed E-state index contributed by atoms with van der Waals surface area (Å²) >= 11 is 0. The summed E-state index contributed by atoms with van der Waals surface area (Å²) in [6, 6.07) is 0.690. The molecule has 1 aliphatic heterocycles. The highest BCUT2D eigenvalue weighted by Gasteiger charge is 2.43. The van der Waals surface area contributed by atoms with Crippen LogP contribution < -0.4 is 5.73 Å². The third-order valence-electron chi connectivity index (χ3n) is 5.16. The van der Waals surface area contributed by atoms with Gasteiger partial charge in [0.05, 0.1) is 18.1 Å². The molecule has 0 bridgehead atoms. The molecule has 0 aromatic carbocycles. The molecule has 4 unspecified atom stereocenters. The topological polar surface area (TPSA) is 55.6 Å². The highest BCUT2D eigenvalue weighted by molar-refractivity contribution is 5.80. The second kappa shape index (κ2) is 5.80. The van der Waals surface area contributed by atoms with Crippen LogP contribution in [0, 0.1) is 11.8 Å². The Morgan fingerprint density at radius 2 is 1.68 bits per heavy atom. The zero-order chi connectivity index (χ0) is 14.2. The molecular formula is C15H28N2O2. The average molecular weight is 268 g/mol. The van der Waals surface area contributed by atoms with Crippen LogP contribution in [0.1, 0.15) is 46.5 Å². The van der Waals surface area contributed by atoms with Gasteiger partial charge in [-0.15, -0.1) is 0 Å². The lowest BCUT2D eigenvalue weighted by molar-refractivity contribution is -0.139. The molecule has 0 radical (unpaired) electrons.